The van der Waals surface area contributed by atoms with Gasteiger partial charge in [-0.25, -0.2) is 13.2 Å². The molecule has 0 spiro atoms. The Bertz CT molecular complexity index is 738. The highest BCUT2D eigenvalue weighted by atomic mass is 32.2. The van der Waals surface area contributed by atoms with Crippen LogP contribution in [0.1, 0.15) is 50.4 Å². The maximum absolute atomic E-state index is 13.0. The van der Waals surface area contributed by atoms with Crippen molar-refractivity contribution in [3.63, 3.8) is 0 Å². The SMILES string of the molecule is CC1(C)C[C@H]2C[C@@](C)(CN2S(=O)(=O)c2ccc(C(=O)O)cc2)C1. The number of fused-ring (bicyclic) bond motifs is 2. The molecule has 1 heterocycles. The summed E-state index contributed by atoms with van der Waals surface area (Å²) in [7, 11) is -3.58. The van der Waals surface area contributed by atoms with E-state index in [2.05, 4.69) is 20.8 Å². The van der Waals surface area contributed by atoms with E-state index in [1.807, 2.05) is 0 Å². The maximum atomic E-state index is 13.0. The van der Waals surface area contributed by atoms with Crippen LogP contribution in [0.15, 0.2) is 29.2 Å². The highest BCUT2D eigenvalue weighted by molar-refractivity contribution is 7.89. The lowest BCUT2D eigenvalue weighted by molar-refractivity contribution is 0.0696. The van der Waals surface area contributed by atoms with Crippen molar-refractivity contribution in [3.05, 3.63) is 29.8 Å². The van der Waals surface area contributed by atoms with Gasteiger partial charge in [0.1, 0.15) is 0 Å². The standard InChI is InChI=1S/C17H23NO4S/c1-16(2)8-13-9-17(3,10-16)11-18(13)23(21,22)14-6-4-12(5-7-14)15(19)20/h4-7,13H,8-11H2,1-3H3,(H,19,20)/t13-,17+/m0/s1. The second kappa shape index (κ2) is 5.05. The Morgan fingerprint density at radius 2 is 1.78 bits per heavy atom. The van der Waals surface area contributed by atoms with Gasteiger partial charge >= 0.3 is 5.97 Å². The number of carboxylic acid groups (broad SMARTS) is 1. The van der Waals surface area contributed by atoms with E-state index >= 15 is 0 Å². The number of aromatic carboxylic acids is 1. The molecule has 1 saturated heterocycles. The number of nitrogens with zero attached hydrogens (tertiary/aromatic N) is 1. The van der Waals surface area contributed by atoms with Crippen LogP contribution < -0.4 is 0 Å². The van der Waals surface area contributed by atoms with Crippen LogP contribution in [0.25, 0.3) is 0 Å². The number of sulfonamides is 1. The van der Waals surface area contributed by atoms with Gasteiger partial charge in [0.05, 0.1) is 10.5 Å². The largest absolute Gasteiger partial charge is 0.478 e. The van der Waals surface area contributed by atoms with E-state index in [-0.39, 0.29) is 27.3 Å². The van der Waals surface area contributed by atoms with Gasteiger partial charge in [-0.2, -0.15) is 4.31 Å². The molecule has 1 aliphatic heterocycles. The Morgan fingerprint density at radius 1 is 1.17 bits per heavy atom. The summed E-state index contributed by atoms with van der Waals surface area (Å²) < 4.78 is 27.6. The van der Waals surface area contributed by atoms with Crippen molar-refractivity contribution in [1.29, 1.82) is 0 Å². The maximum Gasteiger partial charge on any atom is 0.335 e. The van der Waals surface area contributed by atoms with Gasteiger partial charge in [0.25, 0.3) is 0 Å². The van der Waals surface area contributed by atoms with E-state index in [0.717, 1.165) is 19.3 Å². The second-order valence-electron chi connectivity index (χ2n) is 8.09. The first-order valence-electron chi connectivity index (χ1n) is 7.88. The molecule has 3 rings (SSSR count). The zero-order chi connectivity index (χ0) is 17.0. The second-order valence-corrected chi connectivity index (χ2v) is 9.98. The predicted molar refractivity (Wildman–Crippen MR) is 86.8 cm³/mol. The normalized spacial score (nSPS) is 30.3. The van der Waals surface area contributed by atoms with Gasteiger partial charge in [-0.15, -0.1) is 0 Å². The fourth-order valence-electron chi connectivity index (χ4n) is 4.59. The molecule has 23 heavy (non-hydrogen) atoms. The van der Waals surface area contributed by atoms with Gasteiger partial charge < -0.3 is 5.11 Å². The zero-order valence-corrected chi connectivity index (χ0v) is 14.6. The number of benzene rings is 1. The fraction of sp³-hybridized carbons (Fsp3) is 0.588. The van der Waals surface area contributed by atoms with E-state index < -0.39 is 16.0 Å². The van der Waals surface area contributed by atoms with E-state index in [0.29, 0.717) is 6.54 Å². The lowest BCUT2D eigenvalue weighted by Gasteiger charge is -2.39. The summed E-state index contributed by atoms with van der Waals surface area (Å²) in [5.74, 6) is -1.06. The Kier molecular flexibility index (Phi) is 3.61. The topological polar surface area (TPSA) is 74.7 Å². The summed E-state index contributed by atoms with van der Waals surface area (Å²) in [5, 5.41) is 8.94. The predicted octanol–water partition coefficient (Wildman–Crippen LogP) is 2.97. The summed E-state index contributed by atoms with van der Waals surface area (Å²) >= 11 is 0. The zero-order valence-electron chi connectivity index (χ0n) is 13.7. The van der Waals surface area contributed by atoms with Gasteiger partial charge in [-0.3, -0.25) is 0 Å². The lowest BCUT2D eigenvalue weighted by Crippen LogP contribution is -2.37. The Balaban J connectivity index is 1.93. The molecule has 1 saturated carbocycles. The van der Waals surface area contributed by atoms with E-state index in [1.54, 1.807) is 4.31 Å². The Labute approximate surface area is 137 Å². The third kappa shape index (κ3) is 2.90. The average molecular weight is 337 g/mol. The van der Waals surface area contributed by atoms with Crippen LogP contribution in [0, 0.1) is 10.8 Å². The van der Waals surface area contributed by atoms with Crippen LogP contribution in [0.5, 0.6) is 0 Å². The van der Waals surface area contributed by atoms with Crippen molar-refractivity contribution >= 4 is 16.0 Å². The molecule has 2 atom stereocenters. The van der Waals surface area contributed by atoms with E-state index in [9.17, 15) is 13.2 Å². The van der Waals surface area contributed by atoms with Crippen molar-refractivity contribution in [2.45, 2.75) is 51.0 Å². The van der Waals surface area contributed by atoms with Crippen molar-refractivity contribution < 1.29 is 18.3 Å². The molecule has 0 amide bonds. The average Bonchev–Trinajstić information content (AvgIpc) is 2.68. The van der Waals surface area contributed by atoms with Crippen LogP contribution >= 0.6 is 0 Å². The quantitative estimate of drug-likeness (QED) is 0.920. The minimum absolute atomic E-state index is 0.0283. The van der Waals surface area contributed by atoms with Crippen LogP contribution in [0.2, 0.25) is 0 Å². The van der Waals surface area contributed by atoms with Crippen LogP contribution in [0.4, 0.5) is 0 Å². The molecule has 6 heteroatoms. The molecule has 2 fully saturated rings. The molecule has 1 N–H and O–H groups in total. The molecule has 1 aromatic rings. The highest BCUT2D eigenvalue weighted by Crippen LogP contribution is 2.53. The van der Waals surface area contributed by atoms with E-state index in [4.69, 9.17) is 5.11 Å². The molecule has 0 radical (unpaired) electrons. The van der Waals surface area contributed by atoms with Crippen LogP contribution in [-0.4, -0.2) is 36.4 Å². The molecule has 0 aromatic heterocycles. The lowest BCUT2D eigenvalue weighted by atomic mass is 9.65. The molecule has 0 unspecified atom stereocenters. The Morgan fingerprint density at radius 3 is 2.35 bits per heavy atom. The van der Waals surface area contributed by atoms with Gasteiger partial charge in [0, 0.05) is 12.6 Å². The minimum Gasteiger partial charge on any atom is -0.478 e. The summed E-state index contributed by atoms with van der Waals surface area (Å²) in [5.41, 5.74) is 0.271. The van der Waals surface area contributed by atoms with Crippen LogP contribution in [0.3, 0.4) is 0 Å². The third-order valence-corrected chi connectivity index (χ3v) is 6.99. The molecule has 1 aromatic carbocycles. The molecular weight excluding hydrogens is 314 g/mol. The summed E-state index contributed by atoms with van der Waals surface area (Å²) in [6, 6.07) is 5.53. The number of hydrogen-bond donors (Lipinski definition) is 1. The van der Waals surface area contributed by atoms with Crippen molar-refractivity contribution in [3.8, 4) is 0 Å². The first-order valence-corrected chi connectivity index (χ1v) is 9.32. The van der Waals surface area contributed by atoms with E-state index in [1.165, 1.54) is 24.3 Å². The van der Waals surface area contributed by atoms with Gasteiger partial charge in [-0.05, 0) is 54.4 Å². The molecular formula is C17H23NO4S. The van der Waals surface area contributed by atoms with Crippen molar-refractivity contribution in [1.82, 2.24) is 4.31 Å². The number of hydrogen-bond acceptors (Lipinski definition) is 3. The van der Waals surface area contributed by atoms with Crippen LogP contribution in [-0.2, 0) is 10.0 Å². The minimum atomic E-state index is -3.58. The van der Waals surface area contributed by atoms with Gasteiger partial charge in [0.2, 0.25) is 10.0 Å². The third-order valence-electron chi connectivity index (χ3n) is 5.07. The smallest absolute Gasteiger partial charge is 0.335 e. The monoisotopic (exact) mass is 337 g/mol. The number of rotatable bonds is 3. The van der Waals surface area contributed by atoms with Gasteiger partial charge in [0.15, 0.2) is 0 Å². The van der Waals surface area contributed by atoms with Gasteiger partial charge in [-0.1, -0.05) is 20.8 Å². The molecule has 5 nitrogen and oxygen atoms in total. The first kappa shape index (κ1) is 16.5. The Hall–Kier alpha value is -1.40. The molecule has 2 aliphatic rings. The molecule has 2 bridgehead atoms. The molecule has 1 aliphatic carbocycles. The van der Waals surface area contributed by atoms with Crippen molar-refractivity contribution in [2.24, 2.45) is 10.8 Å². The first-order chi connectivity index (χ1) is 10.5. The number of carbonyl (C=O) groups is 1. The van der Waals surface area contributed by atoms with Crippen molar-refractivity contribution in [2.75, 3.05) is 6.54 Å². The highest BCUT2D eigenvalue weighted by Gasteiger charge is 2.53. The summed E-state index contributed by atoms with van der Waals surface area (Å²) in [4.78, 5) is 11.1. The molecule has 126 valence electrons. The fourth-order valence-corrected chi connectivity index (χ4v) is 6.37. The number of carboxylic acids is 1. The summed E-state index contributed by atoms with van der Waals surface area (Å²) in [6.07, 6.45) is 2.80. The summed E-state index contributed by atoms with van der Waals surface area (Å²) in [6.45, 7) is 7.12.